The van der Waals surface area contributed by atoms with E-state index in [0.717, 1.165) is 10.8 Å². The van der Waals surface area contributed by atoms with E-state index in [1.54, 1.807) is 13.0 Å². The van der Waals surface area contributed by atoms with Crippen molar-refractivity contribution in [2.75, 3.05) is 0 Å². The molecule has 0 saturated carbocycles. The predicted octanol–water partition coefficient (Wildman–Crippen LogP) is 2.09. The monoisotopic (exact) mass is 215 g/mol. The highest BCUT2D eigenvalue weighted by molar-refractivity contribution is 5.91. The first kappa shape index (κ1) is 10.6. The maximum absolute atomic E-state index is 11.4. The van der Waals surface area contributed by atoms with Crippen LogP contribution in [0.5, 0.6) is 5.75 Å². The van der Waals surface area contributed by atoms with Crippen LogP contribution in [0.25, 0.3) is 10.8 Å². The molecule has 2 aromatic rings. The lowest BCUT2D eigenvalue weighted by Crippen LogP contribution is -2.30. The van der Waals surface area contributed by atoms with Crippen molar-refractivity contribution in [1.82, 2.24) is 0 Å². The molecule has 1 unspecified atom stereocenters. The van der Waals surface area contributed by atoms with Gasteiger partial charge < -0.3 is 10.5 Å². The van der Waals surface area contributed by atoms with E-state index in [0.29, 0.717) is 5.75 Å². The summed E-state index contributed by atoms with van der Waals surface area (Å²) < 4.78 is 5.23. The third kappa shape index (κ3) is 2.04. The third-order valence-corrected chi connectivity index (χ3v) is 2.33. The van der Waals surface area contributed by atoms with Crippen molar-refractivity contribution >= 4 is 16.7 Å². The van der Waals surface area contributed by atoms with E-state index in [9.17, 15) is 4.79 Å². The Hall–Kier alpha value is -1.87. The van der Waals surface area contributed by atoms with Crippen LogP contribution in [0.15, 0.2) is 42.5 Å². The Bertz CT molecular complexity index is 515. The van der Waals surface area contributed by atoms with Gasteiger partial charge in [0.15, 0.2) is 0 Å². The summed E-state index contributed by atoms with van der Waals surface area (Å²) in [6.07, 6.45) is 0. The maximum atomic E-state index is 11.4. The van der Waals surface area contributed by atoms with Crippen LogP contribution in [0.1, 0.15) is 6.92 Å². The van der Waals surface area contributed by atoms with Crippen molar-refractivity contribution in [2.45, 2.75) is 13.0 Å². The molecule has 3 heteroatoms. The Morgan fingerprint density at radius 1 is 1.19 bits per heavy atom. The van der Waals surface area contributed by atoms with Crippen molar-refractivity contribution in [3.8, 4) is 5.75 Å². The summed E-state index contributed by atoms with van der Waals surface area (Å²) in [6.45, 7) is 1.60. The Morgan fingerprint density at radius 2 is 1.88 bits per heavy atom. The number of fused-ring (bicyclic) bond motifs is 1. The third-order valence-electron chi connectivity index (χ3n) is 2.33. The summed E-state index contributed by atoms with van der Waals surface area (Å²) in [6, 6.07) is 12.7. The fourth-order valence-corrected chi connectivity index (χ4v) is 1.49. The Balaban J connectivity index is 2.41. The number of ether oxygens (including phenoxy) is 1. The van der Waals surface area contributed by atoms with E-state index in [1.807, 2.05) is 36.4 Å². The SMILES string of the molecule is CC(N)C(=O)Oc1cccc2ccccc12. The van der Waals surface area contributed by atoms with Crippen molar-refractivity contribution < 1.29 is 9.53 Å². The molecule has 0 saturated heterocycles. The van der Waals surface area contributed by atoms with Crippen LogP contribution >= 0.6 is 0 Å². The molecule has 2 aromatic carbocycles. The average Bonchev–Trinajstić information content (AvgIpc) is 2.29. The summed E-state index contributed by atoms with van der Waals surface area (Å²) in [4.78, 5) is 11.4. The smallest absolute Gasteiger partial charge is 0.328 e. The molecular formula is C13H13NO2. The number of benzene rings is 2. The van der Waals surface area contributed by atoms with E-state index in [4.69, 9.17) is 10.5 Å². The van der Waals surface area contributed by atoms with Crippen LogP contribution in [-0.4, -0.2) is 12.0 Å². The quantitative estimate of drug-likeness (QED) is 0.616. The topological polar surface area (TPSA) is 52.3 Å². The minimum Gasteiger partial charge on any atom is -0.425 e. The van der Waals surface area contributed by atoms with Crippen LogP contribution in [0.2, 0.25) is 0 Å². The van der Waals surface area contributed by atoms with Gasteiger partial charge in [-0.3, -0.25) is 0 Å². The van der Waals surface area contributed by atoms with E-state index in [1.165, 1.54) is 0 Å². The molecular weight excluding hydrogens is 202 g/mol. The molecule has 0 aliphatic rings. The van der Waals surface area contributed by atoms with Gasteiger partial charge in [0.2, 0.25) is 0 Å². The number of hydrogen-bond donors (Lipinski definition) is 1. The van der Waals surface area contributed by atoms with E-state index < -0.39 is 12.0 Å². The highest BCUT2D eigenvalue weighted by atomic mass is 16.5. The molecule has 16 heavy (non-hydrogen) atoms. The first-order valence-corrected chi connectivity index (χ1v) is 5.13. The highest BCUT2D eigenvalue weighted by Crippen LogP contribution is 2.25. The van der Waals surface area contributed by atoms with Crippen molar-refractivity contribution in [3.05, 3.63) is 42.5 Å². The zero-order valence-corrected chi connectivity index (χ0v) is 9.01. The number of carbonyl (C=O) groups excluding carboxylic acids is 1. The van der Waals surface area contributed by atoms with Gasteiger partial charge in [-0.1, -0.05) is 36.4 Å². The molecule has 0 heterocycles. The predicted molar refractivity (Wildman–Crippen MR) is 63.2 cm³/mol. The summed E-state index contributed by atoms with van der Waals surface area (Å²) in [7, 11) is 0. The molecule has 2 N–H and O–H groups in total. The zero-order chi connectivity index (χ0) is 11.5. The van der Waals surface area contributed by atoms with E-state index >= 15 is 0 Å². The Kier molecular flexibility index (Phi) is 2.88. The summed E-state index contributed by atoms with van der Waals surface area (Å²) >= 11 is 0. The van der Waals surface area contributed by atoms with E-state index in [-0.39, 0.29) is 0 Å². The van der Waals surface area contributed by atoms with Crippen molar-refractivity contribution in [1.29, 1.82) is 0 Å². The molecule has 3 nitrogen and oxygen atoms in total. The number of carbonyl (C=O) groups is 1. The number of esters is 1. The summed E-state index contributed by atoms with van der Waals surface area (Å²) in [5.74, 6) is 0.136. The van der Waals surface area contributed by atoms with Crippen molar-refractivity contribution in [2.24, 2.45) is 5.73 Å². The van der Waals surface area contributed by atoms with Gasteiger partial charge in [-0.2, -0.15) is 0 Å². The fraction of sp³-hybridized carbons (Fsp3) is 0.154. The minimum atomic E-state index is -0.612. The van der Waals surface area contributed by atoms with Crippen molar-refractivity contribution in [3.63, 3.8) is 0 Å². The fourth-order valence-electron chi connectivity index (χ4n) is 1.49. The second-order valence-corrected chi connectivity index (χ2v) is 3.69. The van der Waals surface area contributed by atoms with Gasteiger partial charge >= 0.3 is 5.97 Å². The molecule has 0 spiro atoms. The maximum Gasteiger partial charge on any atom is 0.328 e. The Labute approximate surface area is 93.8 Å². The molecule has 0 radical (unpaired) electrons. The second-order valence-electron chi connectivity index (χ2n) is 3.69. The van der Waals surface area contributed by atoms with Gasteiger partial charge in [-0.05, 0) is 18.4 Å². The van der Waals surface area contributed by atoms with Crippen LogP contribution in [0, 0.1) is 0 Å². The molecule has 0 aromatic heterocycles. The van der Waals surface area contributed by atoms with E-state index in [2.05, 4.69) is 0 Å². The van der Waals surface area contributed by atoms with Gasteiger partial charge in [0.05, 0.1) is 0 Å². The van der Waals surface area contributed by atoms with Gasteiger partial charge in [0, 0.05) is 5.39 Å². The first-order chi connectivity index (χ1) is 7.68. The van der Waals surface area contributed by atoms with Gasteiger partial charge in [-0.25, -0.2) is 4.79 Å². The van der Waals surface area contributed by atoms with Crippen LogP contribution < -0.4 is 10.5 Å². The lowest BCUT2D eigenvalue weighted by Gasteiger charge is -2.09. The van der Waals surface area contributed by atoms with Crippen LogP contribution in [-0.2, 0) is 4.79 Å². The molecule has 0 amide bonds. The number of nitrogens with two attached hydrogens (primary N) is 1. The first-order valence-electron chi connectivity index (χ1n) is 5.13. The second kappa shape index (κ2) is 4.33. The average molecular weight is 215 g/mol. The lowest BCUT2D eigenvalue weighted by atomic mass is 10.1. The van der Waals surface area contributed by atoms with Gasteiger partial charge in [0.25, 0.3) is 0 Å². The largest absolute Gasteiger partial charge is 0.425 e. The lowest BCUT2D eigenvalue weighted by molar-refractivity contribution is -0.135. The van der Waals surface area contributed by atoms with Gasteiger partial charge in [0.1, 0.15) is 11.8 Å². The molecule has 0 aliphatic carbocycles. The normalized spacial score (nSPS) is 12.4. The standard InChI is InChI=1S/C13H13NO2/c1-9(14)13(15)16-12-8-4-6-10-5-2-3-7-11(10)12/h2-9H,14H2,1H3. The molecule has 1 atom stereocenters. The number of hydrogen-bond acceptors (Lipinski definition) is 3. The van der Waals surface area contributed by atoms with Gasteiger partial charge in [-0.15, -0.1) is 0 Å². The minimum absolute atomic E-state index is 0.420. The van der Waals surface area contributed by atoms with Crippen LogP contribution in [0.4, 0.5) is 0 Å². The zero-order valence-electron chi connectivity index (χ0n) is 9.01. The molecule has 82 valence electrons. The highest BCUT2D eigenvalue weighted by Gasteiger charge is 2.11. The molecule has 0 aliphatic heterocycles. The summed E-state index contributed by atoms with van der Waals surface area (Å²) in [5.41, 5.74) is 5.45. The molecule has 0 fully saturated rings. The molecule has 0 bridgehead atoms. The Morgan fingerprint density at radius 3 is 2.62 bits per heavy atom. The van der Waals surface area contributed by atoms with Crippen LogP contribution in [0.3, 0.4) is 0 Å². The number of rotatable bonds is 2. The molecule has 2 rings (SSSR count). The summed E-state index contributed by atoms with van der Waals surface area (Å²) in [5, 5.41) is 1.96.